The number of aromatic amines is 1. The Hall–Kier alpha value is -1.50. The van der Waals surface area contributed by atoms with E-state index in [0.29, 0.717) is 24.6 Å². The second-order valence-corrected chi connectivity index (χ2v) is 6.88. The van der Waals surface area contributed by atoms with E-state index in [-0.39, 0.29) is 23.8 Å². The number of H-pyrrole nitrogens is 1. The van der Waals surface area contributed by atoms with Crippen molar-refractivity contribution in [3.05, 3.63) is 18.2 Å². The van der Waals surface area contributed by atoms with Crippen LogP contribution >= 0.6 is 11.8 Å². The summed E-state index contributed by atoms with van der Waals surface area (Å²) in [5.41, 5.74) is 0. The van der Waals surface area contributed by atoms with E-state index in [4.69, 9.17) is 0 Å². The molecule has 120 valence electrons. The van der Waals surface area contributed by atoms with E-state index in [0.717, 1.165) is 31.5 Å². The minimum Gasteiger partial charge on any atom is -0.354 e. The van der Waals surface area contributed by atoms with Gasteiger partial charge in [0.25, 0.3) is 0 Å². The lowest BCUT2D eigenvalue weighted by Crippen LogP contribution is -2.49. The Morgan fingerprint density at radius 1 is 1.41 bits per heavy atom. The molecule has 7 heteroatoms. The summed E-state index contributed by atoms with van der Waals surface area (Å²) in [5.74, 6) is 2.48. The van der Waals surface area contributed by atoms with Crippen LogP contribution in [0, 0.1) is 5.92 Å². The van der Waals surface area contributed by atoms with Crippen molar-refractivity contribution in [2.24, 2.45) is 5.92 Å². The molecule has 22 heavy (non-hydrogen) atoms. The average molecular weight is 322 g/mol. The summed E-state index contributed by atoms with van der Waals surface area (Å²) in [6.45, 7) is 0.541. The number of carbonyl (C=O) groups is 2. The van der Waals surface area contributed by atoms with E-state index in [2.05, 4.69) is 15.3 Å². The van der Waals surface area contributed by atoms with Crippen molar-refractivity contribution in [1.82, 2.24) is 20.2 Å². The highest BCUT2D eigenvalue weighted by atomic mass is 32.2. The lowest BCUT2D eigenvalue weighted by atomic mass is 10.1. The molecule has 1 aromatic rings. The molecule has 1 atom stereocenters. The number of imidazole rings is 1. The monoisotopic (exact) mass is 322 g/mol. The molecule has 2 aliphatic rings. The number of thioether (sulfide) groups is 1. The molecular weight excluding hydrogens is 300 g/mol. The summed E-state index contributed by atoms with van der Waals surface area (Å²) < 4.78 is 0. The summed E-state index contributed by atoms with van der Waals surface area (Å²) in [4.78, 5) is 33.8. The third-order valence-electron chi connectivity index (χ3n) is 4.39. The molecule has 1 aliphatic heterocycles. The number of aromatic nitrogens is 2. The molecule has 1 saturated carbocycles. The topological polar surface area (TPSA) is 78.1 Å². The zero-order chi connectivity index (χ0) is 15.4. The van der Waals surface area contributed by atoms with E-state index < -0.39 is 0 Å². The molecule has 1 saturated heterocycles. The number of rotatable bonds is 5. The van der Waals surface area contributed by atoms with Gasteiger partial charge in [-0.15, -0.1) is 11.8 Å². The summed E-state index contributed by atoms with van der Waals surface area (Å²) in [6.07, 6.45) is 8.38. The minimum absolute atomic E-state index is 0.0390. The summed E-state index contributed by atoms with van der Waals surface area (Å²) in [7, 11) is 0. The first-order valence-corrected chi connectivity index (χ1v) is 9.05. The Bertz CT molecular complexity index is 514. The lowest BCUT2D eigenvalue weighted by molar-refractivity contribution is -0.141. The van der Waals surface area contributed by atoms with Crippen LogP contribution in [0.25, 0.3) is 0 Å². The second kappa shape index (κ2) is 7.17. The maximum absolute atomic E-state index is 12.5. The molecule has 0 spiro atoms. The fourth-order valence-corrected chi connectivity index (χ4v) is 4.30. The number of nitrogens with one attached hydrogen (secondary N) is 2. The molecule has 0 radical (unpaired) electrons. The highest BCUT2D eigenvalue weighted by Crippen LogP contribution is 2.30. The highest BCUT2D eigenvalue weighted by Gasteiger charge is 2.38. The van der Waals surface area contributed by atoms with Crippen molar-refractivity contribution < 1.29 is 9.59 Å². The standard InChI is InChI=1S/C15H22N4O2S/c20-14(18-6-5-13-16-7-8-17-13)12-9-22-10-19(12)15(21)11-3-1-2-4-11/h7-8,11-12H,1-6,9-10H2,(H,16,17)(H,18,20). The summed E-state index contributed by atoms with van der Waals surface area (Å²) in [5, 5.41) is 2.93. The van der Waals surface area contributed by atoms with Gasteiger partial charge >= 0.3 is 0 Å². The van der Waals surface area contributed by atoms with E-state index in [1.807, 2.05) is 0 Å². The molecule has 2 amide bonds. The van der Waals surface area contributed by atoms with Gasteiger partial charge in [-0.05, 0) is 12.8 Å². The predicted octanol–water partition coefficient (Wildman–Crippen LogP) is 1.16. The van der Waals surface area contributed by atoms with E-state index >= 15 is 0 Å². The Balaban J connectivity index is 1.50. The predicted molar refractivity (Wildman–Crippen MR) is 85.2 cm³/mol. The third kappa shape index (κ3) is 3.45. The highest BCUT2D eigenvalue weighted by molar-refractivity contribution is 7.99. The largest absolute Gasteiger partial charge is 0.354 e. The van der Waals surface area contributed by atoms with Crippen LogP contribution in [0.4, 0.5) is 0 Å². The van der Waals surface area contributed by atoms with Crippen molar-refractivity contribution in [3.8, 4) is 0 Å². The molecule has 1 aromatic heterocycles. The first-order valence-electron chi connectivity index (χ1n) is 7.90. The number of hydrogen-bond acceptors (Lipinski definition) is 4. The maximum Gasteiger partial charge on any atom is 0.243 e. The molecule has 2 N–H and O–H groups in total. The summed E-state index contributed by atoms with van der Waals surface area (Å²) in [6, 6.07) is -0.310. The van der Waals surface area contributed by atoms with Crippen LogP contribution in [0.1, 0.15) is 31.5 Å². The van der Waals surface area contributed by atoms with Gasteiger partial charge in [0.15, 0.2) is 0 Å². The lowest BCUT2D eigenvalue weighted by Gasteiger charge is -2.25. The van der Waals surface area contributed by atoms with Gasteiger partial charge in [-0.2, -0.15) is 0 Å². The van der Waals surface area contributed by atoms with Gasteiger partial charge in [-0.1, -0.05) is 12.8 Å². The minimum atomic E-state index is -0.310. The van der Waals surface area contributed by atoms with Crippen molar-refractivity contribution in [2.45, 2.75) is 38.1 Å². The van der Waals surface area contributed by atoms with Gasteiger partial charge in [-0.25, -0.2) is 4.98 Å². The Kier molecular flexibility index (Phi) is 5.02. The SMILES string of the molecule is O=C(NCCc1ncc[nH]1)C1CSCN1C(=O)C1CCCC1. The number of hydrogen-bond donors (Lipinski definition) is 2. The first kappa shape index (κ1) is 15.4. The van der Waals surface area contributed by atoms with Crippen LogP contribution in [0.2, 0.25) is 0 Å². The fourth-order valence-electron chi connectivity index (χ4n) is 3.14. The number of carbonyl (C=O) groups excluding carboxylic acids is 2. The van der Waals surface area contributed by atoms with Crippen molar-refractivity contribution in [1.29, 1.82) is 0 Å². The van der Waals surface area contributed by atoms with Crippen LogP contribution in [0.15, 0.2) is 12.4 Å². The quantitative estimate of drug-likeness (QED) is 0.853. The van der Waals surface area contributed by atoms with E-state index in [1.54, 1.807) is 29.1 Å². The van der Waals surface area contributed by atoms with E-state index in [1.165, 1.54) is 0 Å². The smallest absolute Gasteiger partial charge is 0.243 e. The van der Waals surface area contributed by atoms with E-state index in [9.17, 15) is 9.59 Å². The normalized spacial score (nSPS) is 22.2. The second-order valence-electron chi connectivity index (χ2n) is 5.88. The Morgan fingerprint density at radius 3 is 2.95 bits per heavy atom. The molecule has 6 nitrogen and oxygen atoms in total. The number of nitrogens with zero attached hydrogens (tertiary/aromatic N) is 2. The van der Waals surface area contributed by atoms with Crippen molar-refractivity contribution in [2.75, 3.05) is 18.2 Å². The molecule has 0 bridgehead atoms. The zero-order valence-electron chi connectivity index (χ0n) is 12.6. The van der Waals surface area contributed by atoms with Crippen molar-refractivity contribution >= 4 is 23.6 Å². The van der Waals surface area contributed by atoms with Crippen LogP contribution < -0.4 is 5.32 Å². The molecule has 3 rings (SSSR count). The molecular formula is C15H22N4O2S. The fraction of sp³-hybridized carbons (Fsp3) is 0.667. The van der Waals surface area contributed by atoms with Crippen LogP contribution in [-0.2, 0) is 16.0 Å². The van der Waals surface area contributed by atoms with Gasteiger partial charge in [0, 0.05) is 37.0 Å². The van der Waals surface area contributed by atoms with Crippen LogP contribution in [0.5, 0.6) is 0 Å². The third-order valence-corrected chi connectivity index (χ3v) is 5.40. The van der Waals surface area contributed by atoms with Crippen molar-refractivity contribution in [3.63, 3.8) is 0 Å². The van der Waals surface area contributed by atoms with Crippen LogP contribution in [0.3, 0.4) is 0 Å². The summed E-state index contributed by atoms with van der Waals surface area (Å²) >= 11 is 1.66. The molecule has 1 unspecified atom stereocenters. The van der Waals surface area contributed by atoms with Gasteiger partial charge in [0.2, 0.25) is 11.8 Å². The Labute approximate surface area is 134 Å². The number of amides is 2. The molecule has 2 heterocycles. The molecule has 2 fully saturated rings. The molecule has 0 aromatic carbocycles. The average Bonchev–Trinajstić information content (AvgIpc) is 3.26. The van der Waals surface area contributed by atoms with Crippen LogP contribution in [-0.4, -0.2) is 50.9 Å². The Morgan fingerprint density at radius 2 is 2.23 bits per heavy atom. The first-order chi connectivity index (χ1) is 10.8. The van der Waals surface area contributed by atoms with Gasteiger partial charge < -0.3 is 15.2 Å². The zero-order valence-corrected chi connectivity index (χ0v) is 13.4. The molecule has 1 aliphatic carbocycles. The van der Waals surface area contributed by atoms with Gasteiger partial charge in [0.05, 0.1) is 5.88 Å². The maximum atomic E-state index is 12.5. The van der Waals surface area contributed by atoms with Gasteiger partial charge in [0.1, 0.15) is 11.9 Å². The van der Waals surface area contributed by atoms with Gasteiger partial charge in [-0.3, -0.25) is 9.59 Å².